The number of guanidine groups is 1. The van der Waals surface area contributed by atoms with Gasteiger partial charge < -0.3 is 15.1 Å². The smallest absolute Gasteiger partial charge is 0.239 e. The molecule has 6 nitrogen and oxygen atoms in total. The van der Waals surface area contributed by atoms with Crippen molar-refractivity contribution >= 4 is 11.9 Å². The number of hydrogen-bond donors (Lipinski definition) is 1. The van der Waals surface area contributed by atoms with Crippen molar-refractivity contribution in [2.24, 2.45) is 16.8 Å². The molecule has 2 rings (SSSR count). The number of aliphatic imine (C=N–C) groups is 1. The van der Waals surface area contributed by atoms with Gasteiger partial charge in [-0.05, 0) is 57.4 Å². The van der Waals surface area contributed by atoms with Crippen LogP contribution < -0.4 is 5.32 Å². The van der Waals surface area contributed by atoms with Crippen LogP contribution >= 0.6 is 0 Å². The fraction of sp³-hybridized carbons (Fsp3) is 0.905. The van der Waals surface area contributed by atoms with E-state index in [0.29, 0.717) is 0 Å². The van der Waals surface area contributed by atoms with E-state index in [1.165, 1.54) is 12.8 Å². The molecule has 2 aliphatic heterocycles. The van der Waals surface area contributed by atoms with Crippen LogP contribution in [-0.4, -0.2) is 86.0 Å². The van der Waals surface area contributed by atoms with E-state index in [-0.39, 0.29) is 11.9 Å². The van der Waals surface area contributed by atoms with Crippen molar-refractivity contribution in [3.05, 3.63) is 0 Å². The second-order valence-corrected chi connectivity index (χ2v) is 8.75. The Hall–Kier alpha value is -1.30. The first-order chi connectivity index (χ1) is 12.9. The molecule has 156 valence electrons. The summed E-state index contributed by atoms with van der Waals surface area (Å²) in [6, 6.07) is 0.0765. The van der Waals surface area contributed by atoms with E-state index in [1.807, 2.05) is 14.1 Å². The number of carbonyl (C=O) groups excluding carboxylic acids is 1. The van der Waals surface area contributed by atoms with Crippen LogP contribution in [0.3, 0.4) is 0 Å². The third-order valence-corrected chi connectivity index (χ3v) is 5.68. The molecule has 2 aliphatic rings. The van der Waals surface area contributed by atoms with Crippen molar-refractivity contribution < 1.29 is 4.79 Å². The van der Waals surface area contributed by atoms with Crippen LogP contribution in [0.2, 0.25) is 0 Å². The Morgan fingerprint density at radius 3 is 2.70 bits per heavy atom. The molecule has 6 heteroatoms. The van der Waals surface area contributed by atoms with Gasteiger partial charge in [0.05, 0.1) is 6.04 Å². The second kappa shape index (κ2) is 10.9. The van der Waals surface area contributed by atoms with Gasteiger partial charge in [0.2, 0.25) is 5.91 Å². The first kappa shape index (κ1) is 22.0. The monoisotopic (exact) mass is 379 g/mol. The van der Waals surface area contributed by atoms with Crippen molar-refractivity contribution in [1.82, 2.24) is 20.0 Å². The molecular weight excluding hydrogens is 338 g/mol. The van der Waals surface area contributed by atoms with Gasteiger partial charge >= 0.3 is 0 Å². The minimum atomic E-state index is 0.0765. The quantitative estimate of drug-likeness (QED) is 0.399. The van der Waals surface area contributed by atoms with Crippen LogP contribution in [0.15, 0.2) is 4.99 Å². The van der Waals surface area contributed by atoms with Crippen LogP contribution in [0.25, 0.3) is 0 Å². The van der Waals surface area contributed by atoms with Crippen LogP contribution in [-0.2, 0) is 4.79 Å². The number of likely N-dealkylation sites (tertiary alicyclic amines) is 2. The van der Waals surface area contributed by atoms with Gasteiger partial charge in [0.15, 0.2) is 5.96 Å². The van der Waals surface area contributed by atoms with E-state index in [0.717, 1.165) is 76.3 Å². The highest BCUT2D eigenvalue weighted by Crippen LogP contribution is 2.23. The predicted molar refractivity (Wildman–Crippen MR) is 113 cm³/mol. The summed E-state index contributed by atoms with van der Waals surface area (Å²) in [7, 11) is 3.71. The number of likely N-dealkylation sites (N-methyl/N-ethyl adjacent to an activating group) is 1. The summed E-state index contributed by atoms with van der Waals surface area (Å²) >= 11 is 0. The zero-order valence-corrected chi connectivity index (χ0v) is 18.2. The van der Waals surface area contributed by atoms with Gasteiger partial charge in [0.1, 0.15) is 0 Å². The SMILES string of the molecule is CCNC(=NCCCN1CCCC1C(=O)N(C)C)N1CCC(CC(C)C)C1. The Morgan fingerprint density at radius 1 is 1.26 bits per heavy atom. The number of carbonyl (C=O) groups is 1. The first-order valence-electron chi connectivity index (χ1n) is 10.9. The molecule has 0 aromatic heterocycles. The van der Waals surface area contributed by atoms with E-state index in [2.05, 4.69) is 35.9 Å². The van der Waals surface area contributed by atoms with Crippen LogP contribution in [0.1, 0.15) is 52.9 Å². The van der Waals surface area contributed by atoms with E-state index in [4.69, 9.17) is 4.99 Å². The molecule has 1 amide bonds. The summed E-state index contributed by atoms with van der Waals surface area (Å²) < 4.78 is 0. The minimum Gasteiger partial charge on any atom is -0.357 e. The summed E-state index contributed by atoms with van der Waals surface area (Å²) in [4.78, 5) is 23.7. The molecular formula is C21H41N5O. The lowest BCUT2D eigenvalue weighted by molar-refractivity contribution is -0.133. The molecule has 2 unspecified atom stereocenters. The number of rotatable bonds is 8. The fourth-order valence-electron chi connectivity index (χ4n) is 4.44. The van der Waals surface area contributed by atoms with Gasteiger partial charge in [-0.15, -0.1) is 0 Å². The molecule has 0 radical (unpaired) electrons. The molecule has 2 saturated heterocycles. The summed E-state index contributed by atoms with van der Waals surface area (Å²) in [5.74, 6) is 2.90. The maximum Gasteiger partial charge on any atom is 0.239 e. The highest BCUT2D eigenvalue weighted by Gasteiger charge is 2.31. The highest BCUT2D eigenvalue weighted by atomic mass is 16.2. The largest absolute Gasteiger partial charge is 0.357 e. The maximum absolute atomic E-state index is 12.3. The van der Waals surface area contributed by atoms with E-state index in [1.54, 1.807) is 4.90 Å². The van der Waals surface area contributed by atoms with Crippen molar-refractivity contribution in [1.29, 1.82) is 0 Å². The summed E-state index contributed by atoms with van der Waals surface area (Å²) in [6.45, 7) is 12.8. The van der Waals surface area contributed by atoms with Crippen LogP contribution in [0.4, 0.5) is 0 Å². The Kier molecular flexibility index (Phi) is 8.87. The summed E-state index contributed by atoms with van der Waals surface area (Å²) in [5.41, 5.74) is 0. The Labute approximate surface area is 166 Å². The highest BCUT2D eigenvalue weighted by molar-refractivity contribution is 5.81. The van der Waals surface area contributed by atoms with Crippen LogP contribution in [0, 0.1) is 11.8 Å². The van der Waals surface area contributed by atoms with Gasteiger partial charge in [-0.3, -0.25) is 14.7 Å². The molecule has 0 saturated carbocycles. The van der Waals surface area contributed by atoms with Crippen molar-refractivity contribution in [3.8, 4) is 0 Å². The minimum absolute atomic E-state index is 0.0765. The number of hydrogen-bond acceptors (Lipinski definition) is 3. The first-order valence-corrected chi connectivity index (χ1v) is 10.9. The molecule has 0 aromatic rings. The topological polar surface area (TPSA) is 51.2 Å². The lowest BCUT2D eigenvalue weighted by atomic mass is 9.97. The Bertz CT molecular complexity index is 491. The molecule has 0 spiro atoms. The molecule has 1 N–H and O–H groups in total. The molecule has 27 heavy (non-hydrogen) atoms. The standard InChI is InChI=1S/C21H41N5O/c1-6-22-21(26-14-10-18(16-26)15-17(2)3)23-11-8-13-25-12-7-9-19(25)20(27)24(4)5/h17-19H,6-16H2,1-5H3,(H,22,23). The summed E-state index contributed by atoms with van der Waals surface area (Å²) in [6.07, 6.45) is 5.72. The van der Waals surface area contributed by atoms with Gasteiger partial charge in [-0.25, -0.2) is 0 Å². The number of nitrogens with zero attached hydrogens (tertiary/aromatic N) is 4. The number of nitrogens with one attached hydrogen (secondary N) is 1. The van der Waals surface area contributed by atoms with E-state index >= 15 is 0 Å². The zero-order valence-electron chi connectivity index (χ0n) is 18.2. The average molecular weight is 380 g/mol. The number of amides is 1. The van der Waals surface area contributed by atoms with Crippen LogP contribution in [0.5, 0.6) is 0 Å². The molecule has 0 aliphatic carbocycles. The molecule has 0 bridgehead atoms. The van der Waals surface area contributed by atoms with Gasteiger partial charge in [0, 0.05) is 46.8 Å². The molecule has 2 fully saturated rings. The molecule has 2 atom stereocenters. The average Bonchev–Trinajstić information content (AvgIpc) is 3.25. The molecule has 0 aromatic carbocycles. The van der Waals surface area contributed by atoms with Gasteiger partial charge in [0.25, 0.3) is 0 Å². The van der Waals surface area contributed by atoms with Gasteiger partial charge in [-0.1, -0.05) is 13.8 Å². The van der Waals surface area contributed by atoms with Gasteiger partial charge in [-0.2, -0.15) is 0 Å². The van der Waals surface area contributed by atoms with Crippen molar-refractivity contribution in [2.45, 2.75) is 58.9 Å². The maximum atomic E-state index is 12.3. The third-order valence-electron chi connectivity index (χ3n) is 5.68. The normalized spacial score (nSPS) is 24.1. The summed E-state index contributed by atoms with van der Waals surface area (Å²) in [5, 5.41) is 3.47. The predicted octanol–water partition coefficient (Wildman–Crippen LogP) is 2.26. The van der Waals surface area contributed by atoms with E-state index < -0.39 is 0 Å². The zero-order chi connectivity index (χ0) is 19.8. The molecule has 2 heterocycles. The lowest BCUT2D eigenvalue weighted by Gasteiger charge is -2.26. The Morgan fingerprint density at radius 2 is 2.04 bits per heavy atom. The lowest BCUT2D eigenvalue weighted by Crippen LogP contribution is -2.43. The Balaban J connectivity index is 1.81. The second-order valence-electron chi connectivity index (χ2n) is 8.75. The third kappa shape index (κ3) is 6.66. The van der Waals surface area contributed by atoms with E-state index in [9.17, 15) is 4.79 Å². The van der Waals surface area contributed by atoms with Crippen molar-refractivity contribution in [2.75, 3.05) is 53.4 Å². The van der Waals surface area contributed by atoms with Crippen molar-refractivity contribution in [3.63, 3.8) is 0 Å². The fourth-order valence-corrected chi connectivity index (χ4v) is 4.44.